The van der Waals surface area contributed by atoms with E-state index in [2.05, 4.69) is 4.72 Å². The van der Waals surface area contributed by atoms with Crippen molar-refractivity contribution >= 4 is 38.6 Å². The molecule has 0 spiro atoms. The van der Waals surface area contributed by atoms with Crippen LogP contribution in [0.2, 0.25) is 0 Å². The number of nitrogens with zero attached hydrogens (tertiary/aromatic N) is 1. The summed E-state index contributed by atoms with van der Waals surface area (Å²) < 4.78 is 34.2. The molecule has 1 aliphatic heterocycles. The molecular formula is C23H24N2O4S2. The van der Waals surface area contributed by atoms with E-state index >= 15 is 0 Å². The zero-order valence-electron chi connectivity index (χ0n) is 17.4. The average molecular weight is 457 g/mol. The smallest absolute Gasteiger partial charge is 0.268 e. The molecule has 0 atom stereocenters. The number of hydrogen-bond acceptors (Lipinski definition) is 5. The number of amides is 1. The number of sulfonamides is 1. The minimum atomic E-state index is -3.78. The van der Waals surface area contributed by atoms with E-state index in [4.69, 9.17) is 4.74 Å². The Morgan fingerprint density at radius 2 is 2.03 bits per heavy atom. The van der Waals surface area contributed by atoms with E-state index in [1.807, 2.05) is 31.4 Å². The standard InChI is InChI=1S/C23H24N2O4S2/c1-3-12-29-21-9-8-19(14-16(21)2)31(27,28)24-18-7-6-17-10-11-25(20(17)15-18)23(26)22-5-4-13-30-22/h4-9,13-15,24H,3,10-12H2,1-2H3. The van der Waals surface area contributed by atoms with E-state index in [0.717, 1.165) is 29.7 Å². The van der Waals surface area contributed by atoms with Gasteiger partial charge in [-0.05, 0) is 72.7 Å². The van der Waals surface area contributed by atoms with Crippen molar-refractivity contribution in [1.29, 1.82) is 0 Å². The zero-order valence-corrected chi connectivity index (χ0v) is 19.1. The molecule has 1 N–H and O–H groups in total. The highest BCUT2D eigenvalue weighted by Gasteiger charge is 2.27. The molecule has 0 unspecified atom stereocenters. The Labute approximate surface area is 186 Å². The summed E-state index contributed by atoms with van der Waals surface area (Å²) in [4.78, 5) is 15.4. The van der Waals surface area contributed by atoms with Crippen LogP contribution in [0.1, 0.15) is 34.1 Å². The lowest BCUT2D eigenvalue weighted by Gasteiger charge is -2.18. The van der Waals surface area contributed by atoms with Gasteiger partial charge in [-0.1, -0.05) is 19.1 Å². The molecule has 8 heteroatoms. The molecule has 162 valence electrons. The Balaban J connectivity index is 1.57. The van der Waals surface area contributed by atoms with Crippen LogP contribution in [-0.2, 0) is 16.4 Å². The van der Waals surface area contributed by atoms with Gasteiger partial charge in [-0.3, -0.25) is 9.52 Å². The quantitative estimate of drug-likeness (QED) is 0.551. The second-order valence-corrected chi connectivity index (χ2v) is 10.0. The fourth-order valence-corrected chi connectivity index (χ4v) is 5.37. The summed E-state index contributed by atoms with van der Waals surface area (Å²) in [5.74, 6) is 0.619. The summed E-state index contributed by atoms with van der Waals surface area (Å²) in [5, 5.41) is 1.87. The van der Waals surface area contributed by atoms with Crippen molar-refractivity contribution in [1.82, 2.24) is 0 Å². The van der Waals surface area contributed by atoms with E-state index in [0.29, 0.717) is 29.5 Å². The molecule has 0 bridgehead atoms. The highest BCUT2D eigenvalue weighted by atomic mass is 32.2. The third kappa shape index (κ3) is 4.45. The number of ether oxygens (including phenoxy) is 1. The van der Waals surface area contributed by atoms with Gasteiger partial charge in [-0.2, -0.15) is 0 Å². The number of fused-ring (bicyclic) bond motifs is 1. The monoisotopic (exact) mass is 456 g/mol. The Hall–Kier alpha value is -2.84. The van der Waals surface area contributed by atoms with Gasteiger partial charge in [-0.25, -0.2) is 8.42 Å². The van der Waals surface area contributed by atoms with Gasteiger partial charge in [0, 0.05) is 12.2 Å². The SMILES string of the molecule is CCCOc1ccc(S(=O)(=O)Nc2ccc3c(c2)N(C(=O)c2cccs2)CC3)cc1C. The molecule has 0 saturated heterocycles. The normalized spacial score (nSPS) is 13.2. The predicted molar refractivity (Wildman–Crippen MR) is 124 cm³/mol. The maximum absolute atomic E-state index is 13.0. The largest absolute Gasteiger partial charge is 0.493 e. The van der Waals surface area contributed by atoms with Crippen molar-refractivity contribution in [3.63, 3.8) is 0 Å². The number of aryl methyl sites for hydroxylation is 1. The molecule has 1 aliphatic rings. The van der Waals surface area contributed by atoms with Crippen molar-refractivity contribution in [3.8, 4) is 5.75 Å². The Morgan fingerprint density at radius 1 is 1.19 bits per heavy atom. The van der Waals surface area contributed by atoms with Crippen LogP contribution >= 0.6 is 11.3 Å². The third-order valence-corrected chi connectivity index (χ3v) is 7.37. The maximum Gasteiger partial charge on any atom is 0.268 e. The molecule has 2 aromatic carbocycles. The molecule has 0 saturated carbocycles. The van der Waals surface area contributed by atoms with Gasteiger partial charge in [0.25, 0.3) is 15.9 Å². The first-order valence-electron chi connectivity index (χ1n) is 10.1. The van der Waals surface area contributed by atoms with Crippen LogP contribution in [0.5, 0.6) is 5.75 Å². The summed E-state index contributed by atoms with van der Waals surface area (Å²) in [5.41, 5.74) is 2.96. The van der Waals surface area contributed by atoms with Crippen LogP contribution in [0, 0.1) is 6.92 Å². The lowest BCUT2D eigenvalue weighted by Crippen LogP contribution is -2.28. The molecule has 2 heterocycles. The van der Waals surface area contributed by atoms with E-state index in [1.54, 1.807) is 41.3 Å². The van der Waals surface area contributed by atoms with E-state index in [-0.39, 0.29) is 10.8 Å². The molecular weight excluding hydrogens is 432 g/mol. The van der Waals surface area contributed by atoms with E-state index in [9.17, 15) is 13.2 Å². The molecule has 1 amide bonds. The summed E-state index contributed by atoms with van der Waals surface area (Å²) in [6.45, 7) is 5.01. The Kier molecular flexibility index (Phi) is 6.02. The summed E-state index contributed by atoms with van der Waals surface area (Å²) in [6, 6.07) is 13.8. The van der Waals surface area contributed by atoms with Gasteiger partial charge in [0.2, 0.25) is 0 Å². The second kappa shape index (κ2) is 8.72. The lowest BCUT2D eigenvalue weighted by atomic mass is 10.1. The van der Waals surface area contributed by atoms with Gasteiger partial charge in [0.15, 0.2) is 0 Å². The minimum absolute atomic E-state index is 0.0629. The molecule has 0 fully saturated rings. The number of nitrogens with one attached hydrogen (secondary N) is 1. The van der Waals surface area contributed by atoms with E-state index in [1.165, 1.54) is 11.3 Å². The number of carbonyl (C=O) groups excluding carboxylic acids is 1. The fraction of sp³-hybridized carbons (Fsp3) is 0.261. The fourth-order valence-electron chi connectivity index (χ4n) is 3.56. The number of hydrogen-bond donors (Lipinski definition) is 1. The number of rotatable bonds is 7. The van der Waals surface area contributed by atoms with Crippen molar-refractivity contribution < 1.29 is 17.9 Å². The molecule has 31 heavy (non-hydrogen) atoms. The second-order valence-electron chi connectivity index (χ2n) is 7.41. The van der Waals surface area contributed by atoms with Gasteiger partial charge in [-0.15, -0.1) is 11.3 Å². The van der Waals surface area contributed by atoms with Crippen molar-refractivity contribution in [2.75, 3.05) is 22.8 Å². The highest BCUT2D eigenvalue weighted by molar-refractivity contribution is 7.92. The summed E-state index contributed by atoms with van der Waals surface area (Å²) in [6.07, 6.45) is 1.63. The van der Waals surface area contributed by atoms with Gasteiger partial charge >= 0.3 is 0 Å². The Morgan fingerprint density at radius 3 is 2.74 bits per heavy atom. The van der Waals surface area contributed by atoms with E-state index < -0.39 is 10.0 Å². The first-order chi connectivity index (χ1) is 14.9. The third-order valence-electron chi connectivity index (χ3n) is 5.13. The van der Waals surface area contributed by atoms with Crippen LogP contribution in [-0.4, -0.2) is 27.5 Å². The minimum Gasteiger partial charge on any atom is -0.493 e. The first-order valence-corrected chi connectivity index (χ1v) is 12.5. The van der Waals surface area contributed by atoms with Crippen molar-refractivity contribution in [2.45, 2.75) is 31.6 Å². The van der Waals surface area contributed by atoms with Crippen LogP contribution in [0.25, 0.3) is 0 Å². The molecule has 4 rings (SSSR count). The number of thiophene rings is 1. The summed E-state index contributed by atoms with van der Waals surface area (Å²) >= 11 is 1.40. The molecule has 3 aromatic rings. The first kappa shape index (κ1) is 21.4. The molecule has 1 aromatic heterocycles. The molecule has 0 radical (unpaired) electrons. The number of benzene rings is 2. The van der Waals surface area contributed by atoms with Gasteiger partial charge in [0.1, 0.15) is 5.75 Å². The van der Waals surface area contributed by atoms with Crippen LogP contribution in [0.3, 0.4) is 0 Å². The summed E-state index contributed by atoms with van der Waals surface area (Å²) in [7, 11) is -3.78. The van der Waals surface area contributed by atoms with Gasteiger partial charge < -0.3 is 9.64 Å². The predicted octanol–water partition coefficient (Wildman–Crippen LogP) is 4.85. The maximum atomic E-state index is 13.0. The number of anilines is 2. The molecule has 0 aliphatic carbocycles. The Bertz CT molecular complexity index is 1200. The van der Waals surface area contributed by atoms with Crippen molar-refractivity contribution in [2.24, 2.45) is 0 Å². The lowest BCUT2D eigenvalue weighted by molar-refractivity contribution is 0.0993. The topological polar surface area (TPSA) is 75.7 Å². The average Bonchev–Trinajstić information content (AvgIpc) is 3.42. The highest BCUT2D eigenvalue weighted by Crippen LogP contribution is 2.33. The van der Waals surface area contributed by atoms with Crippen molar-refractivity contribution in [3.05, 3.63) is 69.9 Å². The number of carbonyl (C=O) groups is 1. The van der Waals surface area contributed by atoms with Gasteiger partial charge in [0.05, 0.1) is 22.1 Å². The van der Waals surface area contributed by atoms with Crippen LogP contribution in [0.4, 0.5) is 11.4 Å². The van der Waals surface area contributed by atoms with Crippen LogP contribution in [0.15, 0.2) is 58.8 Å². The zero-order chi connectivity index (χ0) is 22.0. The van der Waals surface area contributed by atoms with Crippen LogP contribution < -0.4 is 14.4 Å². The molecule has 6 nitrogen and oxygen atoms in total.